The van der Waals surface area contributed by atoms with E-state index in [4.69, 9.17) is 9.26 Å². The highest BCUT2D eigenvalue weighted by Gasteiger charge is 2.15. The number of hydrogen-bond acceptors (Lipinski definition) is 8. The molecule has 9 heteroatoms. The molecule has 0 fully saturated rings. The molecular formula is C18H18N4O4S. The Morgan fingerprint density at radius 1 is 1.22 bits per heavy atom. The monoisotopic (exact) mass is 386 g/mol. The second kappa shape index (κ2) is 8.09. The van der Waals surface area contributed by atoms with Crippen LogP contribution in [0, 0.1) is 6.92 Å². The van der Waals surface area contributed by atoms with Gasteiger partial charge in [-0.2, -0.15) is 4.98 Å². The lowest BCUT2D eigenvalue weighted by Gasteiger charge is -1.99. The number of nitrogens with zero attached hydrogens (tertiary/aromatic N) is 3. The molecule has 0 bridgehead atoms. The van der Waals surface area contributed by atoms with E-state index < -0.39 is 0 Å². The molecule has 1 aromatic carbocycles. The SMILES string of the molecule is COc1ccc(-c2noc(CCC(=O)Nc3nc(C)c(C(C)=O)s3)n2)cc1. The topological polar surface area (TPSA) is 107 Å². The number of hydrogen-bond donors (Lipinski definition) is 1. The van der Waals surface area contributed by atoms with Crippen molar-refractivity contribution in [2.45, 2.75) is 26.7 Å². The van der Waals surface area contributed by atoms with Gasteiger partial charge in [-0.1, -0.05) is 16.5 Å². The highest BCUT2D eigenvalue weighted by molar-refractivity contribution is 7.17. The van der Waals surface area contributed by atoms with Crippen molar-refractivity contribution in [3.8, 4) is 17.1 Å². The predicted molar refractivity (Wildman–Crippen MR) is 100 cm³/mol. The quantitative estimate of drug-likeness (QED) is 0.621. The molecule has 0 saturated carbocycles. The molecule has 0 radical (unpaired) electrons. The Morgan fingerprint density at radius 2 is 1.96 bits per heavy atom. The number of methoxy groups -OCH3 is 1. The average molecular weight is 386 g/mol. The number of carbonyl (C=O) groups is 2. The van der Waals surface area contributed by atoms with Crippen LogP contribution < -0.4 is 10.1 Å². The van der Waals surface area contributed by atoms with Gasteiger partial charge in [0, 0.05) is 25.3 Å². The summed E-state index contributed by atoms with van der Waals surface area (Å²) < 4.78 is 10.3. The smallest absolute Gasteiger partial charge is 0.227 e. The van der Waals surface area contributed by atoms with Crippen LogP contribution in [0.3, 0.4) is 0 Å². The van der Waals surface area contributed by atoms with E-state index in [0.717, 1.165) is 11.3 Å². The number of amides is 1. The summed E-state index contributed by atoms with van der Waals surface area (Å²) in [5.74, 6) is 1.26. The lowest BCUT2D eigenvalue weighted by molar-refractivity contribution is -0.116. The summed E-state index contributed by atoms with van der Waals surface area (Å²) in [5, 5.41) is 7.03. The van der Waals surface area contributed by atoms with Gasteiger partial charge in [-0.25, -0.2) is 4.98 Å². The molecule has 0 aliphatic heterocycles. The summed E-state index contributed by atoms with van der Waals surface area (Å²) in [6.45, 7) is 3.21. The maximum absolute atomic E-state index is 12.1. The second-order valence-corrected chi connectivity index (χ2v) is 6.78. The van der Waals surface area contributed by atoms with E-state index in [2.05, 4.69) is 20.4 Å². The number of aromatic nitrogens is 3. The van der Waals surface area contributed by atoms with Crippen LogP contribution in [-0.4, -0.2) is 33.9 Å². The van der Waals surface area contributed by atoms with Crippen LogP contribution in [0.4, 0.5) is 5.13 Å². The van der Waals surface area contributed by atoms with Crippen LogP contribution in [0.15, 0.2) is 28.8 Å². The molecule has 3 rings (SSSR count). The number of benzene rings is 1. The molecule has 27 heavy (non-hydrogen) atoms. The van der Waals surface area contributed by atoms with E-state index in [9.17, 15) is 9.59 Å². The van der Waals surface area contributed by atoms with Crippen molar-refractivity contribution in [1.29, 1.82) is 0 Å². The van der Waals surface area contributed by atoms with Gasteiger partial charge in [0.25, 0.3) is 0 Å². The fourth-order valence-corrected chi connectivity index (χ4v) is 3.27. The zero-order chi connectivity index (χ0) is 19.4. The first kappa shape index (κ1) is 18.7. The third-order valence-electron chi connectivity index (χ3n) is 3.74. The van der Waals surface area contributed by atoms with E-state index in [0.29, 0.717) is 33.8 Å². The van der Waals surface area contributed by atoms with Gasteiger partial charge >= 0.3 is 0 Å². The summed E-state index contributed by atoms with van der Waals surface area (Å²) in [6.07, 6.45) is 0.469. The van der Waals surface area contributed by atoms with Crippen molar-refractivity contribution >= 4 is 28.2 Å². The van der Waals surface area contributed by atoms with Crippen LogP contribution in [-0.2, 0) is 11.2 Å². The van der Waals surface area contributed by atoms with Crippen LogP contribution in [0.1, 0.15) is 34.6 Å². The molecule has 8 nitrogen and oxygen atoms in total. The number of Topliss-reactive ketones (excluding diaryl/α,β-unsaturated/α-hetero) is 1. The van der Waals surface area contributed by atoms with Crippen molar-refractivity contribution in [2.24, 2.45) is 0 Å². The minimum Gasteiger partial charge on any atom is -0.497 e. The molecular weight excluding hydrogens is 368 g/mol. The molecule has 1 amide bonds. The van der Waals surface area contributed by atoms with Gasteiger partial charge in [0.05, 0.1) is 17.7 Å². The highest BCUT2D eigenvalue weighted by atomic mass is 32.1. The minimum atomic E-state index is -0.233. The van der Waals surface area contributed by atoms with Gasteiger partial charge in [-0.15, -0.1) is 0 Å². The predicted octanol–water partition coefficient (Wildman–Crippen LogP) is 3.28. The maximum Gasteiger partial charge on any atom is 0.227 e. The summed E-state index contributed by atoms with van der Waals surface area (Å²) in [5.41, 5.74) is 1.41. The van der Waals surface area contributed by atoms with Crippen LogP contribution in [0.2, 0.25) is 0 Å². The number of rotatable bonds is 7. The van der Waals surface area contributed by atoms with E-state index in [1.165, 1.54) is 18.3 Å². The maximum atomic E-state index is 12.1. The zero-order valence-electron chi connectivity index (χ0n) is 15.1. The fraction of sp³-hybridized carbons (Fsp3) is 0.278. The van der Waals surface area contributed by atoms with E-state index in [1.54, 1.807) is 14.0 Å². The lowest BCUT2D eigenvalue weighted by atomic mass is 10.2. The van der Waals surface area contributed by atoms with Crippen molar-refractivity contribution in [3.05, 3.63) is 40.7 Å². The third-order valence-corrected chi connectivity index (χ3v) is 4.92. The van der Waals surface area contributed by atoms with Crippen molar-refractivity contribution < 1.29 is 18.8 Å². The normalized spacial score (nSPS) is 10.6. The summed E-state index contributed by atoms with van der Waals surface area (Å²) in [4.78, 5) is 32.6. The van der Waals surface area contributed by atoms with E-state index in [1.807, 2.05) is 24.3 Å². The second-order valence-electron chi connectivity index (χ2n) is 5.78. The Labute approximate surface area is 159 Å². The molecule has 0 aliphatic carbocycles. The van der Waals surface area contributed by atoms with Crippen molar-refractivity contribution in [2.75, 3.05) is 12.4 Å². The summed E-state index contributed by atoms with van der Waals surface area (Å²) in [6, 6.07) is 7.28. The van der Waals surface area contributed by atoms with Crippen LogP contribution >= 0.6 is 11.3 Å². The van der Waals surface area contributed by atoms with E-state index in [-0.39, 0.29) is 18.1 Å². The summed E-state index contributed by atoms with van der Waals surface area (Å²) in [7, 11) is 1.60. The minimum absolute atomic E-state index is 0.0672. The van der Waals surface area contributed by atoms with Crippen LogP contribution in [0.25, 0.3) is 11.4 Å². The number of ether oxygens (including phenoxy) is 1. The number of anilines is 1. The molecule has 3 aromatic rings. The molecule has 2 heterocycles. The largest absolute Gasteiger partial charge is 0.497 e. The molecule has 0 unspecified atom stereocenters. The average Bonchev–Trinajstić information content (AvgIpc) is 3.27. The molecule has 140 valence electrons. The van der Waals surface area contributed by atoms with Gasteiger partial charge in [-0.3, -0.25) is 9.59 Å². The van der Waals surface area contributed by atoms with Gasteiger partial charge in [0.2, 0.25) is 17.6 Å². The Bertz CT molecular complexity index is 962. The lowest BCUT2D eigenvalue weighted by Crippen LogP contribution is -2.12. The Balaban J connectivity index is 1.57. The van der Waals surface area contributed by atoms with Gasteiger partial charge in [-0.05, 0) is 31.2 Å². The van der Waals surface area contributed by atoms with Crippen LogP contribution in [0.5, 0.6) is 5.75 Å². The number of carbonyl (C=O) groups excluding carboxylic acids is 2. The highest BCUT2D eigenvalue weighted by Crippen LogP contribution is 2.23. The van der Waals surface area contributed by atoms with Gasteiger partial charge in [0.1, 0.15) is 5.75 Å². The molecule has 0 saturated heterocycles. The first-order chi connectivity index (χ1) is 13.0. The van der Waals surface area contributed by atoms with Gasteiger partial charge in [0.15, 0.2) is 10.9 Å². The number of ketones is 1. The van der Waals surface area contributed by atoms with Crippen molar-refractivity contribution in [1.82, 2.24) is 15.1 Å². The number of nitrogens with one attached hydrogen (secondary N) is 1. The Kier molecular flexibility index (Phi) is 5.60. The van der Waals surface area contributed by atoms with E-state index >= 15 is 0 Å². The third kappa shape index (κ3) is 4.56. The fourth-order valence-electron chi connectivity index (χ4n) is 2.39. The first-order valence-electron chi connectivity index (χ1n) is 8.21. The molecule has 0 spiro atoms. The van der Waals surface area contributed by atoms with Gasteiger partial charge < -0.3 is 14.6 Å². The molecule has 2 aromatic heterocycles. The Hall–Kier alpha value is -3.07. The Morgan fingerprint density at radius 3 is 2.59 bits per heavy atom. The van der Waals surface area contributed by atoms with Crippen molar-refractivity contribution in [3.63, 3.8) is 0 Å². The molecule has 0 aliphatic rings. The zero-order valence-corrected chi connectivity index (χ0v) is 15.9. The standard InChI is InChI=1S/C18H18N4O4S/c1-10-16(11(2)23)27-18(19-10)20-14(24)8-9-15-21-17(22-26-15)12-4-6-13(25-3)7-5-12/h4-7H,8-9H2,1-3H3,(H,19,20,24). The molecule has 0 atom stereocenters. The first-order valence-corrected chi connectivity index (χ1v) is 9.03. The number of aryl methyl sites for hydroxylation is 2. The summed E-state index contributed by atoms with van der Waals surface area (Å²) >= 11 is 1.17. The molecule has 1 N–H and O–H groups in total. The number of thiazole rings is 1.